The van der Waals surface area contributed by atoms with E-state index in [-0.39, 0.29) is 37.0 Å². The van der Waals surface area contributed by atoms with Crippen LogP contribution < -0.4 is 9.47 Å². The second-order valence-corrected chi connectivity index (χ2v) is 6.28. The van der Waals surface area contributed by atoms with Crippen LogP contribution in [0.15, 0.2) is 24.0 Å². The van der Waals surface area contributed by atoms with E-state index >= 15 is 0 Å². The van der Waals surface area contributed by atoms with Gasteiger partial charge < -0.3 is 19.5 Å². The van der Waals surface area contributed by atoms with Crippen molar-refractivity contribution in [3.05, 3.63) is 35.6 Å². The Morgan fingerprint density at radius 3 is 2.62 bits per heavy atom. The molecule has 8 heteroatoms. The van der Waals surface area contributed by atoms with E-state index in [0.717, 1.165) is 23.1 Å². The first-order valence-electron chi connectivity index (χ1n) is 8.27. The number of nitrogens with zero attached hydrogens (tertiary/aromatic N) is 1. The summed E-state index contributed by atoms with van der Waals surface area (Å²) in [5, 5.41) is 9.37. The maximum absolute atomic E-state index is 14.3. The van der Waals surface area contributed by atoms with Crippen molar-refractivity contribution in [3.63, 3.8) is 0 Å². The molecule has 0 unspecified atom stereocenters. The highest BCUT2D eigenvalue weighted by Gasteiger charge is 2.35. The van der Waals surface area contributed by atoms with E-state index < -0.39 is 35.3 Å². The third-order valence-corrected chi connectivity index (χ3v) is 3.80. The SMILES string of the molecule is CCOc1ccc(F)c(OC2=CC(=O)N([C@@H](CC(C)C)C(=O)O)C2)c1F. The average Bonchev–Trinajstić information content (AvgIpc) is 2.92. The minimum Gasteiger partial charge on any atom is -0.491 e. The van der Waals surface area contributed by atoms with Gasteiger partial charge in [-0.2, -0.15) is 4.39 Å². The molecule has 1 amide bonds. The molecule has 0 fully saturated rings. The largest absolute Gasteiger partial charge is 0.491 e. The Hall–Kier alpha value is -2.64. The number of carbonyl (C=O) groups is 2. The quantitative estimate of drug-likeness (QED) is 0.762. The lowest BCUT2D eigenvalue weighted by molar-refractivity contribution is -0.148. The van der Waals surface area contributed by atoms with Crippen molar-refractivity contribution in [1.29, 1.82) is 0 Å². The molecule has 1 atom stereocenters. The van der Waals surface area contributed by atoms with Gasteiger partial charge in [-0.1, -0.05) is 13.8 Å². The van der Waals surface area contributed by atoms with Gasteiger partial charge >= 0.3 is 5.97 Å². The lowest BCUT2D eigenvalue weighted by atomic mass is 10.0. The molecule has 26 heavy (non-hydrogen) atoms. The van der Waals surface area contributed by atoms with Crippen LogP contribution in [0.4, 0.5) is 8.78 Å². The van der Waals surface area contributed by atoms with E-state index in [0.29, 0.717) is 0 Å². The number of hydrogen-bond acceptors (Lipinski definition) is 4. The van der Waals surface area contributed by atoms with Gasteiger partial charge in [0.2, 0.25) is 11.6 Å². The lowest BCUT2D eigenvalue weighted by Crippen LogP contribution is -2.43. The lowest BCUT2D eigenvalue weighted by Gasteiger charge is -2.25. The first kappa shape index (κ1) is 19.7. The number of aliphatic carboxylic acids is 1. The highest BCUT2D eigenvalue weighted by atomic mass is 19.1. The predicted octanol–water partition coefficient (Wildman–Crippen LogP) is 2.97. The van der Waals surface area contributed by atoms with Crippen molar-refractivity contribution in [2.45, 2.75) is 33.2 Å². The number of amides is 1. The Morgan fingerprint density at radius 1 is 1.35 bits per heavy atom. The Morgan fingerprint density at radius 2 is 2.04 bits per heavy atom. The van der Waals surface area contributed by atoms with Crippen molar-refractivity contribution in [2.24, 2.45) is 5.92 Å². The number of benzene rings is 1. The molecule has 0 radical (unpaired) electrons. The summed E-state index contributed by atoms with van der Waals surface area (Å²) in [6.45, 7) is 5.34. The number of hydrogen-bond donors (Lipinski definition) is 1. The average molecular weight is 369 g/mol. The van der Waals surface area contributed by atoms with Gasteiger partial charge in [0.15, 0.2) is 11.6 Å². The van der Waals surface area contributed by atoms with Crippen LogP contribution >= 0.6 is 0 Å². The Bertz CT molecular complexity index is 733. The fourth-order valence-corrected chi connectivity index (χ4v) is 2.65. The summed E-state index contributed by atoms with van der Waals surface area (Å²) in [6, 6.07) is 1.10. The maximum Gasteiger partial charge on any atom is 0.326 e. The fourth-order valence-electron chi connectivity index (χ4n) is 2.65. The van der Waals surface area contributed by atoms with E-state index in [4.69, 9.17) is 9.47 Å². The van der Waals surface area contributed by atoms with Crippen LogP contribution in [-0.4, -0.2) is 41.1 Å². The third kappa shape index (κ3) is 4.30. The topological polar surface area (TPSA) is 76.1 Å². The maximum atomic E-state index is 14.3. The van der Waals surface area contributed by atoms with Gasteiger partial charge in [-0.25, -0.2) is 9.18 Å². The molecule has 1 N–H and O–H groups in total. The van der Waals surface area contributed by atoms with Gasteiger partial charge in [0.1, 0.15) is 11.8 Å². The molecular weight excluding hydrogens is 348 g/mol. The first-order chi connectivity index (χ1) is 12.2. The Labute approximate surface area is 150 Å². The molecule has 142 valence electrons. The van der Waals surface area contributed by atoms with Crippen LogP contribution in [-0.2, 0) is 9.59 Å². The smallest absolute Gasteiger partial charge is 0.326 e. The molecule has 0 spiro atoms. The summed E-state index contributed by atoms with van der Waals surface area (Å²) >= 11 is 0. The number of halogens is 2. The van der Waals surface area contributed by atoms with E-state index in [1.54, 1.807) is 6.92 Å². The molecule has 6 nitrogen and oxygen atoms in total. The van der Waals surface area contributed by atoms with Crippen LogP contribution in [0.3, 0.4) is 0 Å². The molecule has 1 aromatic rings. The van der Waals surface area contributed by atoms with E-state index in [2.05, 4.69) is 0 Å². The van der Waals surface area contributed by atoms with Gasteiger partial charge in [0.25, 0.3) is 5.91 Å². The minimum absolute atomic E-state index is 0.0311. The molecule has 1 heterocycles. The summed E-state index contributed by atoms with van der Waals surface area (Å²) in [5.41, 5.74) is 0. The number of carbonyl (C=O) groups excluding carboxylic acids is 1. The van der Waals surface area contributed by atoms with Crippen LogP contribution in [0.1, 0.15) is 27.2 Å². The van der Waals surface area contributed by atoms with Gasteiger partial charge in [0, 0.05) is 6.08 Å². The zero-order valence-electron chi connectivity index (χ0n) is 14.8. The van der Waals surface area contributed by atoms with Crippen LogP contribution in [0.25, 0.3) is 0 Å². The van der Waals surface area contributed by atoms with Crippen LogP contribution in [0, 0.1) is 17.6 Å². The fraction of sp³-hybridized carbons (Fsp3) is 0.444. The van der Waals surface area contributed by atoms with Gasteiger partial charge in [-0.05, 0) is 31.4 Å². The zero-order chi connectivity index (χ0) is 19.4. The Balaban J connectivity index is 2.20. The highest BCUT2D eigenvalue weighted by Crippen LogP contribution is 2.32. The van der Waals surface area contributed by atoms with E-state index in [9.17, 15) is 23.5 Å². The van der Waals surface area contributed by atoms with Gasteiger partial charge in [-0.3, -0.25) is 4.79 Å². The predicted molar refractivity (Wildman–Crippen MR) is 88.8 cm³/mol. The molecule has 1 aliphatic heterocycles. The molecular formula is C18H21F2NO5. The molecule has 0 saturated heterocycles. The first-order valence-corrected chi connectivity index (χ1v) is 8.27. The van der Waals surface area contributed by atoms with Crippen LogP contribution in [0.2, 0.25) is 0 Å². The number of carboxylic acids is 1. The summed E-state index contributed by atoms with van der Waals surface area (Å²) in [5.74, 6) is -4.53. The molecule has 0 aliphatic carbocycles. The summed E-state index contributed by atoms with van der Waals surface area (Å²) in [7, 11) is 0. The molecule has 1 aliphatic rings. The number of ether oxygens (including phenoxy) is 2. The highest BCUT2D eigenvalue weighted by molar-refractivity contribution is 5.94. The monoisotopic (exact) mass is 369 g/mol. The normalized spacial score (nSPS) is 15.2. The molecule has 0 aromatic heterocycles. The standard InChI is InChI=1S/C18H21F2NO5/c1-4-25-14-6-5-12(19)17(16(14)20)26-11-8-15(22)21(9-11)13(18(23)24)7-10(2)3/h5-6,8,10,13H,4,7,9H2,1-3H3,(H,23,24)/t13-/m0/s1. The van der Waals surface area contributed by atoms with Crippen LogP contribution in [0.5, 0.6) is 11.5 Å². The zero-order valence-corrected chi connectivity index (χ0v) is 14.8. The molecule has 0 saturated carbocycles. The second kappa shape index (κ2) is 8.16. The Kier molecular flexibility index (Phi) is 6.18. The van der Waals surface area contributed by atoms with Crippen molar-refractivity contribution < 1.29 is 33.0 Å². The molecule has 0 bridgehead atoms. The van der Waals surface area contributed by atoms with Crippen molar-refractivity contribution in [3.8, 4) is 11.5 Å². The number of carboxylic acid groups (broad SMARTS) is 1. The summed E-state index contributed by atoms with van der Waals surface area (Å²) in [6.07, 6.45) is 1.30. The third-order valence-electron chi connectivity index (χ3n) is 3.80. The molecule has 2 rings (SSSR count). The number of rotatable bonds is 8. The van der Waals surface area contributed by atoms with Crippen molar-refractivity contribution in [1.82, 2.24) is 4.90 Å². The molecule has 1 aromatic carbocycles. The second-order valence-electron chi connectivity index (χ2n) is 6.28. The van der Waals surface area contributed by atoms with Crippen molar-refractivity contribution in [2.75, 3.05) is 13.2 Å². The van der Waals surface area contributed by atoms with Gasteiger partial charge in [-0.15, -0.1) is 0 Å². The van der Waals surface area contributed by atoms with E-state index in [1.165, 1.54) is 0 Å². The summed E-state index contributed by atoms with van der Waals surface area (Å²) in [4.78, 5) is 24.7. The van der Waals surface area contributed by atoms with E-state index in [1.807, 2.05) is 13.8 Å². The van der Waals surface area contributed by atoms with Crippen molar-refractivity contribution >= 4 is 11.9 Å². The van der Waals surface area contributed by atoms with Gasteiger partial charge in [0.05, 0.1) is 13.2 Å². The summed E-state index contributed by atoms with van der Waals surface area (Å²) < 4.78 is 38.5. The minimum atomic E-state index is -1.14.